The fraction of sp³-hybridized carbons (Fsp3) is 0.111. The van der Waals surface area contributed by atoms with E-state index in [1.54, 1.807) is 12.1 Å². The maximum absolute atomic E-state index is 9.68. The van der Waals surface area contributed by atoms with E-state index >= 15 is 0 Å². The average Bonchev–Trinajstić information content (AvgIpc) is 2.71. The van der Waals surface area contributed by atoms with Gasteiger partial charge in [0.1, 0.15) is 0 Å². The van der Waals surface area contributed by atoms with Crippen LogP contribution in [0.1, 0.15) is 17.6 Å². The van der Waals surface area contributed by atoms with E-state index in [0.717, 1.165) is 5.56 Å². The van der Waals surface area contributed by atoms with Crippen molar-refractivity contribution in [2.45, 2.75) is 6.10 Å². The van der Waals surface area contributed by atoms with Gasteiger partial charge >= 0.3 is 0 Å². The molecular formula is C9H8N2O2. The Balaban J connectivity index is 2.29. The molecule has 0 spiro atoms. The minimum absolute atomic E-state index is 0.214. The van der Waals surface area contributed by atoms with Crippen molar-refractivity contribution in [3.8, 4) is 0 Å². The first-order chi connectivity index (χ1) is 6.38. The number of hydrogen-bond acceptors (Lipinski definition) is 4. The van der Waals surface area contributed by atoms with Gasteiger partial charge in [0, 0.05) is 0 Å². The first kappa shape index (κ1) is 7.94. The van der Waals surface area contributed by atoms with Gasteiger partial charge in [0.15, 0.2) is 12.4 Å². The topological polar surface area (TPSA) is 59.2 Å². The number of hydrogen-bond donors (Lipinski definition) is 1. The summed E-state index contributed by atoms with van der Waals surface area (Å²) >= 11 is 0. The van der Waals surface area contributed by atoms with Gasteiger partial charge in [0.2, 0.25) is 0 Å². The van der Waals surface area contributed by atoms with Gasteiger partial charge in [-0.3, -0.25) is 0 Å². The van der Waals surface area contributed by atoms with Crippen LogP contribution in [0.25, 0.3) is 0 Å². The van der Waals surface area contributed by atoms with Crippen molar-refractivity contribution >= 4 is 0 Å². The SMILES string of the molecule is OC(c1ccccc1)c1ncno1. The van der Waals surface area contributed by atoms with Crippen molar-refractivity contribution in [1.82, 2.24) is 10.1 Å². The number of aliphatic hydroxyl groups is 1. The number of nitrogens with zero attached hydrogens (tertiary/aromatic N) is 2. The van der Waals surface area contributed by atoms with Crippen LogP contribution in [-0.2, 0) is 0 Å². The van der Waals surface area contributed by atoms with Gasteiger partial charge in [-0.15, -0.1) is 0 Å². The number of benzene rings is 1. The second-order valence-corrected chi connectivity index (χ2v) is 2.59. The summed E-state index contributed by atoms with van der Waals surface area (Å²) in [4.78, 5) is 3.76. The molecule has 0 aliphatic heterocycles. The molecule has 0 fully saturated rings. The molecule has 0 radical (unpaired) electrons. The van der Waals surface area contributed by atoms with E-state index in [-0.39, 0.29) is 5.89 Å². The van der Waals surface area contributed by atoms with Gasteiger partial charge in [-0.1, -0.05) is 35.5 Å². The molecule has 0 aliphatic rings. The third-order valence-corrected chi connectivity index (χ3v) is 1.73. The van der Waals surface area contributed by atoms with E-state index in [1.165, 1.54) is 6.33 Å². The van der Waals surface area contributed by atoms with Crippen molar-refractivity contribution in [1.29, 1.82) is 0 Å². The minimum Gasteiger partial charge on any atom is -0.378 e. The Bertz CT molecular complexity index is 358. The van der Waals surface area contributed by atoms with Crippen LogP contribution in [0.15, 0.2) is 41.2 Å². The van der Waals surface area contributed by atoms with Crippen LogP contribution >= 0.6 is 0 Å². The van der Waals surface area contributed by atoms with E-state index in [2.05, 4.69) is 10.1 Å². The van der Waals surface area contributed by atoms with Gasteiger partial charge < -0.3 is 9.63 Å². The van der Waals surface area contributed by atoms with Crippen LogP contribution in [0.4, 0.5) is 0 Å². The van der Waals surface area contributed by atoms with Crippen molar-refractivity contribution in [2.24, 2.45) is 0 Å². The third-order valence-electron chi connectivity index (χ3n) is 1.73. The smallest absolute Gasteiger partial charge is 0.259 e. The van der Waals surface area contributed by atoms with Crippen LogP contribution in [0.5, 0.6) is 0 Å². The maximum Gasteiger partial charge on any atom is 0.259 e. The zero-order chi connectivity index (χ0) is 9.10. The van der Waals surface area contributed by atoms with E-state index in [4.69, 9.17) is 4.52 Å². The predicted molar refractivity (Wildman–Crippen MR) is 44.8 cm³/mol. The lowest BCUT2D eigenvalue weighted by atomic mass is 10.1. The Kier molecular flexibility index (Phi) is 2.06. The van der Waals surface area contributed by atoms with Gasteiger partial charge in [-0.05, 0) is 5.56 Å². The van der Waals surface area contributed by atoms with Crippen LogP contribution in [-0.4, -0.2) is 15.2 Å². The highest BCUT2D eigenvalue weighted by Gasteiger charge is 2.14. The first-order valence-corrected chi connectivity index (χ1v) is 3.87. The summed E-state index contributed by atoms with van der Waals surface area (Å²) in [5.41, 5.74) is 0.742. The zero-order valence-electron chi connectivity index (χ0n) is 6.79. The molecule has 1 aromatic carbocycles. The van der Waals surface area contributed by atoms with Gasteiger partial charge in [0.05, 0.1) is 0 Å². The Morgan fingerprint density at radius 2 is 2.00 bits per heavy atom. The summed E-state index contributed by atoms with van der Waals surface area (Å²) in [6.45, 7) is 0. The summed E-state index contributed by atoms with van der Waals surface area (Å²) in [5.74, 6) is 0.214. The zero-order valence-corrected chi connectivity index (χ0v) is 6.79. The van der Waals surface area contributed by atoms with E-state index in [1.807, 2.05) is 18.2 Å². The summed E-state index contributed by atoms with van der Waals surface area (Å²) in [6.07, 6.45) is 0.435. The number of aliphatic hydroxyl groups excluding tert-OH is 1. The predicted octanol–water partition coefficient (Wildman–Crippen LogP) is 1.15. The van der Waals surface area contributed by atoms with Crippen LogP contribution in [0, 0.1) is 0 Å². The van der Waals surface area contributed by atoms with E-state index in [0.29, 0.717) is 0 Å². The molecule has 0 amide bonds. The highest BCUT2D eigenvalue weighted by Crippen LogP contribution is 2.18. The highest BCUT2D eigenvalue weighted by atomic mass is 16.5. The molecule has 1 aromatic heterocycles. The second kappa shape index (κ2) is 3.37. The monoisotopic (exact) mass is 176 g/mol. The Morgan fingerprint density at radius 3 is 2.62 bits per heavy atom. The van der Waals surface area contributed by atoms with Crippen molar-refractivity contribution in [3.05, 3.63) is 48.1 Å². The van der Waals surface area contributed by atoms with Crippen LogP contribution in [0.3, 0.4) is 0 Å². The summed E-state index contributed by atoms with van der Waals surface area (Å²) < 4.78 is 4.74. The number of rotatable bonds is 2. The molecule has 0 aliphatic carbocycles. The molecule has 1 atom stereocenters. The molecule has 4 nitrogen and oxygen atoms in total. The molecule has 2 rings (SSSR count). The molecule has 66 valence electrons. The average molecular weight is 176 g/mol. The molecule has 4 heteroatoms. The maximum atomic E-state index is 9.68. The standard InChI is InChI=1S/C9H8N2O2/c12-8(9-10-6-11-13-9)7-4-2-1-3-5-7/h1-6,8,12H. The van der Waals surface area contributed by atoms with E-state index in [9.17, 15) is 5.11 Å². The van der Waals surface area contributed by atoms with Gasteiger partial charge in [0.25, 0.3) is 5.89 Å². The summed E-state index contributed by atoms with van der Waals surface area (Å²) in [7, 11) is 0. The van der Waals surface area contributed by atoms with Crippen molar-refractivity contribution < 1.29 is 9.63 Å². The van der Waals surface area contributed by atoms with Gasteiger partial charge in [-0.2, -0.15) is 4.98 Å². The lowest BCUT2D eigenvalue weighted by Crippen LogP contribution is -1.98. The molecule has 1 heterocycles. The molecule has 13 heavy (non-hydrogen) atoms. The third kappa shape index (κ3) is 1.57. The largest absolute Gasteiger partial charge is 0.378 e. The quantitative estimate of drug-likeness (QED) is 0.745. The fourth-order valence-corrected chi connectivity index (χ4v) is 1.08. The Hall–Kier alpha value is -1.68. The van der Waals surface area contributed by atoms with Crippen LogP contribution < -0.4 is 0 Å². The van der Waals surface area contributed by atoms with Gasteiger partial charge in [-0.25, -0.2) is 0 Å². The van der Waals surface area contributed by atoms with Crippen LogP contribution in [0.2, 0.25) is 0 Å². The number of aromatic nitrogens is 2. The van der Waals surface area contributed by atoms with Crippen molar-refractivity contribution in [2.75, 3.05) is 0 Å². The molecule has 0 saturated carbocycles. The molecule has 1 unspecified atom stereocenters. The first-order valence-electron chi connectivity index (χ1n) is 3.87. The lowest BCUT2D eigenvalue weighted by molar-refractivity contribution is 0.170. The lowest BCUT2D eigenvalue weighted by Gasteiger charge is -2.04. The fourth-order valence-electron chi connectivity index (χ4n) is 1.08. The Labute approximate surface area is 74.8 Å². The minimum atomic E-state index is -0.830. The summed E-state index contributed by atoms with van der Waals surface area (Å²) in [6, 6.07) is 9.16. The van der Waals surface area contributed by atoms with Crippen molar-refractivity contribution in [3.63, 3.8) is 0 Å². The molecule has 1 N–H and O–H groups in total. The molecular weight excluding hydrogens is 168 g/mol. The molecule has 0 bridgehead atoms. The van der Waals surface area contributed by atoms with E-state index < -0.39 is 6.10 Å². The Morgan fingerprint density at radius 1 is 1.23 bits per heavy atom. The second-order valence-electron chi connectivity index (χ2n) is 2.59. The highest BCUT2D eigenvalue weighted by molar-refractivity contribution is 5.21. The molecule has 2 aromatic rings. The molecule has 0 saturated heterocycles. The summed E-state index contributed by atoms with van der Waals surface area (Å²) in [5, 5.41) is 13.1. The normalized spacial score (nSPS) is 12.7.